The lowest BCUT2D eigenvalue weighted by Crippen LogP contribution is -2.18. The van der Waals surface area contributed by atoms with Gasteiger partial charge in [0, 0.05) is 0 Å². The molecule has 1 aromatic carbocycles. The lowest BCUT2D eigenvalue weighted by molar-refractivity contribution is -0.274. The molecular formula is C8H5BrF3NO2. The minimum Gasteiger partial charge on any atom is -0.405 e. The number of benzene rings is 1. The quantitative estimate of drug-likeness (QED) is 0.906. The van der Waals surface area contributed by atoms with Crippen LogP contribution in [-0.4, -0.2) is 12.3 Å². The zero-order valence-corrected chi connectivity index (χ0v) is 8.72. The number of carbonyl (C=O) groups is 1. The second-order valence-corrected chi connectivity index (χ2v) is 3.32. The first-order chi connectivity index (χ1) is 6.81. The average molecular weight is 284 g/mol. The third-order valence-corrected chi connectivity index (χ3v) is 2.27. The molecule has 0 radical (unpaired) electrons. The van der Waals surface area contributed by atoms with Gasteiger partial charge in [0.05, 0.1) is 10.0 Å². The number of primary amides is 1. The molecule has 0 bridgehead atoms. The Labute approximate surface area is 91.1 Å². The van der Waals surface area contributed by atoms with Crippen molar-refractivity contribution in [2.24, 2.45) is 5.73 Å². The van der Waals surface area contributed by atoms with Crippen LogP contribution in [0.1, 0.15) is 10.4 Å². The van der Waals surface area contributed by atoms with Crippen molar-refractivity contribution in [2.75, 3.05) is 0 Å². The molecule has 0 saturated heterocycles. The average Bonchev–Trinajstić information content (AvgIpc) is 2.05. The second-order valence-electron chi connectivity index (χ2n) is 2.53. The summed E-state index contributed by atoms with van der Waals surface area (Å²) in [7, 11) is 0. The van der Waals surface area contributed by atoms with E-state index in [1.807, 2.05) is 0 Å². The highest BCUT2D eigenvalue weighted by Crippen LogP contribution is 2.32. The standard InChI is InChI=1S/C8H5BrF3NO2/c9-6-4(7(13)14)2-1-3-5(6)15-8(10,11)12/h1-3H,(H2,13,14). The SMILES string of the molecule is NC(=O)c1cccc(OC(F)(F)F)c1Br. The number of rotatable bonds is 2. The Morgan fingerprint density at radius 3 is 2.47 bits per heavy atom. The van der Waals surface area contributed by atoms with Gasteiger partial charge in [-0.2, -0.15) is 0 Å². The van der Waals surface area contributed by atoms with Gasteiger partial charge in [-0.3, -0.25) is 4.79 Å². The van der Waals surface area contributed by atoms with Crippen LogP contribution in [0.25, 0.3) is 0 Å². The summed E-state index contributed by atoms with van der Waals surface area (Å²) >= 11 is 2.81. The van der Waals surface area contributed by atoms with E-state index in [2.05, 4.69) is 20.7 Å². The molecule has 0 aromatic heterocycles. The van der Waals surface area contributed by atoms with E-state index in [4.69, 9.17) is 5.73 Å². The van der Waals surface area contributed by atoms with Crippen molar-refractivity contribution >= 4 is 21.8 Å². The van der Waals surface area contributed by atoms with Gasteiger partial charge < -0.3 is 10.5 Å². The van der Waals surface area contributed by atoms with E-state index in [0.717, 1.165) is 6.07 Å². The highest BCUT2D eigenvalue weighted by atomic mass is 79.9. The van der Waals surface area contributed by atoms with Crippen LogP contribution in [0.5, 0.6) is 5.75 Å². The van der Waals surface area contributed by atoms with Gasteiger partial charge in [-0.15, -0.1) is 13.2 Å². The summed E-state index contributed by atoms with van der Waals surface area (Å²) in [6, 6.07) is 3.60. The molecule has 0 fully saturated rings. The van der Waals surface area contributed by atoms with Gasteiger partial charge in [-0.25, -0.2) is 0 Å². The summed E-state index contributed by atoms with van der Waals surface area (Å²) in [5, 5.41) is 0. The maximum Gasteiger partial charge on any atom is 0.573 e. The fraction of sp³-hybridized carbons (Fsp3) is 0.125. The van der Waals surface area contributed by atoms with Crippen molar-refractivity contribution in [1.29, 1.82) is 0 Å². The summed E-state index contributed by atoms with van der Waals surface area (Å²) in [5.41, 5.74) is 4.87. The van der Waals surface area contributed by atoms with E-state index in [-0.39, 0.29) is 10.0 Å². The van der Waals surface area contributed by atoms with Crippen LogP contribution in [0.4, 0.5) is 13.2 Å². The van der Waals surface area contributed by atoms with Crippen LogP contribution in [-0.2, 0) is 0 Å². The fourth-order valence-electron chi connectivity index (χ4n) is 0.905. The molecule has 82 valence electrons. The molecular weight excluding hydrogens is 279 g/mol. The lowest BCUT2D eigenvalue weighted by atomic mass is 10.2. The maximum absolute atomic E-state index is 11.9. The summed E-state index contributed by atoms with van der Waals surface area (Å²) in [4.78, 5) is 10.8. The summed E-state index contributed by atoms with van der Waals surface area (Å²) in [5.74, 6) is -1.34. The molecule has 1 rings (SSSR count). The number of nitrogens with two attached hydrogens (primary N) is 1. The van der Waals surface area contributed by atoms with Crippen LogP contribution >= 0.6 is 15.9 Å². The van der Waals surface area contributed by atoms with Crippen LogP contribution in [0.2, 0.25) is 0 Å². The molecule has 0 aliphatic carbocycles. The smallest absolute Gasteiger partial charge is 0.405 e. The molecule has 0 aliphatic rings. The highest BCUT2D eigenvalue weighted by molar-refractivity contribution is 9.10. The van der Waals surface area contributed by atoms with Gasteiger partial charge in [0.15, 0.2) is 0 Å². The van der Waals surface area contributed by atoms with Crippen molar-refractivity contribution in [3.8, 4) is 5.75 Å². The number of halogens is 4. The first-order valence-corrected chi connectivity index (χ1v) is 4.44. The van der Waals surface area contributed by atoms with Gasteiger partial charge >= 0.3 is 6.36 Å². The third-order valence-electron chi connectivity index (χ3n) is 1.45. The first-order valence-electron chi connectivity index (χ1n) is 3.65. The van der Waals surface area contributed by atoms with E-state index < -0.39 is 18.0 Å². The van der Waals surface area contributed by atoms with Crippen molar-refractivity contribution < 1.29 is 22.7 Å². The van der Waals surface area contributed by atoms with Crippen molar-refractivity contribution in [2.45, 2.75) is 6.36 Å². The van der Waals surface area contributed by atoms with Gasteiger partial charge in [0.25, 0.3) is 0 Å². The molecule has 1 aromatic rings. The number of hydrogen-bond donors (Lipinski definition) is 1. The topological polar surface area (TPSA) is 52.3 Å². The summed E-state index contributed by atoms with van der Waals surface area (Å²) in [6.07, 6.45) is -4.81. The van der Waals surface area contributed by atoms with Crippen molar-refractivity contribution in [1.82, 2.24) is 0 Å². The first kappa shape index (κ1) is 11.8. The van der Waals surface area contributed by atoms with E-state index in [1.165, 1.54) is 12.1 Å². The molecule has 0 saturated carbocycles. The Bertz CT molecular complexity index is 392. The Kier molecular flexibility index (Phi) is 3.23. The Balaban J connectivity index is 3.10. The number of alkyl halides is 3. The monoisotopic (exact) mass is 283 g/mol. The second kappa shape index (κ2) is 4.09. The van der Waals surface area contributed by atoms with E-state index in [9.17, 15) is 18.0 Å². The van der Waals surface area contributed by atoms with E-state index in [1.54, 1.807) is 0 Å². The molecule has 2 N–H and O–H groups in total. The number of hydrogen-bond acceptors (Lipinski definition) is 2. The van der Waals surface area contributed by atoms with Gasteiger partial charge in [-0.1, -0.05) is 6.07 Å². The molecule has 3 nitrogen and oxygen atoms in total. The molecule has 0 heterocycles. The predicted octanol–water partition coefficient (Wildman–Crippen LogP) is 2.45. The van der Waals surface area contributed by atoms with Crippen molar-refractivity contribution in [3.63, 3.8) is 0 Å². The van der Waals surface area contributed by atoms with E-state index in [0.29, 0.717) is 0 Å². The minimum atomic E-state index is -4.81. The zero-order chi connectivity index (χ0) is 11.6. The van der Waals surface area contributed by atoms with Gasteiger partial charge in [-0.05, 0) is 28.1 Å². The molecule has 1 amide bonds. The zero-order valence-electron chi connectivity index (χ0n) is 7.14. The van der Waals surface area contributed by atoms with E-state index >= 15 is 0 Å². The Morgan fingerprint density at radius 2 is 2.00 bits per heavy atom. The molecule has 0 spiro atoms. The van der Waals surface area contributed by atoms with Crippen LogP contribution < -0.4 is 10.5 Å². The number of ether oxygens (including phenoxy) is 1. The van der Waals surface area contributed by atoms with Crippen LogP contribution in [0, 0.1) is 0 Å². The molecule has 0 atom stereocenters. The summed E-state index contributed by atoms with van der Waals surface area (Å²) in [6.45, 7) is 0. The fourth-order valence-corrected chi connectivity index (χ4v) is 1.45. The normalized spacial score (nSPS) is 11.2. The van der Waals surface area contributed by atoms with Crippen LogP contribution in [0.15, 0.2) is 22.7 Å². The summed E-state index contributed by atoms with van der Waals surface area (Å²) < 4.78 is 39.2. The Morgan fingerprint density at radius 1 is 1.40 bits per heavy atom. The van der Waals surface area contributed by atoms with Crippen molar-refractivity contribution in [3.05, 3.63) is 28.2 Å². The van der Waals surface area contributed by atoms with Crippen LogP contribution in [0.3, 0.4) is 0 Å². The molecule has 7 heteroatoms. The maximum atomic E-state index is 11.9. The molecule has 15 heavy (non-hydrogen) atoms. The van der Waals surface area contributed by atoms with Gasteiger partial charge in [0.2, 0.25) is 5.91 Å². The van der Waals surface area contributed by atoms with Gasteiger partial charge in [0.1, 0.15) is 5.75 Å². The molecule has 0 unspecified atom stereocenters. The number of amides is 1. The lowest BCUT2D eigenvalue weighted by Gasteiger charge is -2.11. The number of carbonyl (C=O) groups excluding carboxylic acids is 1. The predicted molar refractivity (Wildman–Crippen MR) is 49.3 cm³/mol. The molecule has 0 aliphatic heterocycles. The Hall–Kier alpha value is -1.24. The largest absolute Gasteiger partial charge is 0.573 e. The highest BCUT2D eigenvalue weighted by Gasteiger charge is 2.32. The minimum absolute atomic E-state index is 0.0725. The third kappa shape index (κ3) is 3.12.